The predicted molar refractivity (Wildman–Crippen MR) is 70.8 cm³/mol. The van der Waals surface area contributed by atoms with Gasteiger partial charge in [-0.3, -0.25) is 0 Å². The number of nitrogens with zero attached hydrogens (tertiary/aromatic N) is 1. The van der Waals surface area contributed by atoms with Crippen LogP contribution in [-0.2, 0) is 4.74 Å². The molecule has 0 saturated carbocycles. The Morgan fingerprint density at radius 1 is 1.50 bits per heavy atom. The highest BCUT2D eigenvalue weighted by Gasteiger charge is 2.19. The fraction of sp³-hybridized carbons (Fsp3) is 0.643. The number of hydrogen-bond donors (Lipinski definition) is 1. The monoisotopic (exact) mass is 250 g/mol. The summed E-state index contributed by atoms with van der Waals surface area (Å²) in [4.78, 5) is 4.37. The van der Waals surface area contributed by atoms with Gasteiger partial charge >= 0.3 is 0 Å². The van der Waals surface area contributed by atoms with Crippen LogP contribution in [0.15, 0.2) is 18.3 Å². The fourth-order valence-electron chi connectivity index (χ4n) is 2.20. The minimum Gasteiger partial charge on any atom is -0.474 e. The first-order valence-corrected chi connectivity index (χ1v) is 6.74. The molecule has 100 valence electrons. The molecule has 0 aromatic carbocycles. The summed E-state index contributed by atoms with van der Waals surface area (Å²) in [6.07, 6.45) is 3.93. The van der Waals surface area contributed by atoms with E-state index in [0.29, 0.717) is 0 Å². The standard InChI is InChI=1S/C14H22N2O2/c1-3-15-11(2)13-5-4-8-16-14(13)18-12-6-9-17-10-7-12/h4-5,8,11-12,15H,3,6-7,9-10H2,1-2H3. The molecule has 4 heteroatoms. The van der Waals surface area contributed by atoms with Crippen LogP contribution in [0.25, 0.3) is 0 Å². The average Bonchev–Trinajstić information content (AvgIpc) is 2.41. The van der Waals surface area contributed by atoms with E-state index in [1.54, 1.807) is 6.20 Å². The molecule has 0 spiro atoms. The Morgan fingerprint density at radius 2 is 2.28 bits per heavy atom. The first-order chi connectivity index (χ1) is 8.81. The van der Waals surface area contributed by atoms with Crippen molar-refractivity contribution in [1.29, 1.82) is 0 Å². The van der Waals surface area contributed by atoms with Gasteiger partial charge in [0.2, 0.25) is 5.88 Å². The molecule has 0 amide bonds. The van der Waals surface area contributed by atoms with Crippen molar-refractivity contribution in [2.24, 2.45) is 0 Å². The molecule has 2 heterocycles. The Kier molecular flexibility index (Phi) is 4.96. The molecule has 0 radical (unpaired) electrons. The number of rotatable bonds is 5. The highest BCUT2D eigenvalue weighted by atomic mass is 16.5. The molecule has 1 atom stereocenters. The third-order valence-corrected chi connectivity index (χ3v) is 3.22. The van der Waals surface area contributed by atoms with Crippen LogP contribution in [0.4, 0.5) is 0 Å². The summed E-state index contributed by atoms with van der Waals surface area (Å²) in [5.41, 5.74) is 1.13. The highest BCUT2D eigenvalue weighted by Crippen LogP contribution is 2.25. The van der Waals surface area contributed by atoms with Crippen LogP contribution in [-0.4, -0.2) is 30.8 Å². The van der Waals surface area contributed by atoms with Gasteiger partial charge in [-0.2, -0.15) is 0 Å². The van der Waals surface area contributed by atoms with Crippen LogP contribution in [0.1, 0.15) is 38.3 Å². The van der Waals surface area contributed by atoms with Gasteiger partial charge in [-0.1, -0.05) is 13.0 Å². The van der Waals surface area contributed by atoms with Gasteiger partial charge in [0.05, 0.1) is 13.2 Å². The molecular formula is C14H22N2O2. The van der Waals surface area contributed by atoms with Gasteiger partial charge in [-0.25, -0.2) is 4.98 Å². The lowest BCUT2D eigenvalue weighted by molar-refractivity contribution is 0.0231. The zero-order valence-electron chi connectivity index (χ0n) is 11.2. The summed E-state index contributed by atoms with van der Waals surface area (Å²) in [6, 6.07) is 4.30. The lowest BCUT2D eigenvalue weighted by Gasteiger charge is -2.25. The number of nitrogens with one attached hydrogen (secondary N) is 1. The highest BCUT2D eigenvalue weighted by molar-refractivity contribution is 5.28. The van der Waals surface area contributed by atoms with Crippen molar-refractivity contribution < 1.29 is 9.47 Å². The van der Waals surface area contributed by atoms with E-state index in [9.17, 15) is 0 Å². The third-order valence-electron chi connectivity index (χ3n) is 3.22. The smallest absolute Gasteiger partial charge is 0.218 e. The number of ether oxygens (including phenoxy) is 2. The zero-order valence-corrected chi connectivity index (χ0v) is 11.2. The average molecular weight is 250 g/mol. The van der Waals surface area contributed by atoms with Gasteiger partial charge in [-0.15, -0.1) is 0 Å². The van der Waals surface area contributed by atoms with Crippen LogP contribution in [0, 0.1) is 0 Å². The second kappa shape index (κ2) is 6.71. The molecule has 1 aromatic heterocycles. The SMILES string of the molecule is CCNC(C)c1cccnc1OC1CCOCC1. The third kappa shape index (κ3) is 3.43. The van der Waals surface area contributed by atoms with Crippen LogP contribution >= 0.6 is 0 Å². The van der Waals surface area contributed by atoms with Crippen molar-refractivity contribution in [2.75, 3.05) is 19.8 Å². The molecule has 1 aliphatic heterocycles. The molecule has 1 saturated heterocycles. The van der Waals surface area contributed by atoms with Crippen LogP contribution in [0.5, 0.6) is 5.88 Å². The summed E-state index contributed by atoms with van der Waals surface area (Å²) in [5.74, 6) is 0.762. The second-order valence-electron chi connectivity index (χ2n) is 4.61. The molecule has 1 unspecified atom stereocenters. The maximum Gasteiger partial charge on any atom is 0.218 e. The number of aromatic nitrogens is 1. The number of hydrogen-bond acceptors (Lipinski definition) is 4. The van der Waals surface area contributed by atoms with Gasteiger partial charge in [0.15, 0.2) is 0 Å². The van der Waals surface area contributed by atoms with E-state index in [1.807, 2.05) is 6.07 Å². The lowest BCUT2D eigenvalue weighted by atomic mass is 10.1. The first kappa shape index (κ1) is 13.3. The molecule has 18 heavy (non-hydrogen) atoms. The van der Waals surface area contributed by atoms with Crippen molar-refractivity contribution in [2.45, 2.75) is 38.8 Å². The van der Waals surface area contributed by atoms with Crippen LogP contribution < -0.4 is 10.1 Å². The van der Waals surface area contributed by atoms with E-state index in [-0.39, 0.29) is 12.1 Å². The molecule has 1 aromatic rings. The van der Waals surface area contributed by atoms with Crippen molar-refractivity contribution in [1.82, 2.24) is 10.3 Å². The van der Waals surface area contributed by atoms with Gasteiger partial charge in [0.1, 0.15) is 6.10 Å². The number of pyridine rings is 1. The maximum absolute atomic E-state index is 6.02. The van der Waals surface area contributed by atoms with Gasteiger partial charge < -0.3 is 14.8 Å². The van der Waals surface area contributed by atoms with E-state index in [2.05, 4.69) is 30.2 Å². The summed E-state index contributed by atoms with van der Waals surface area (Å²) in [7, 11) is 0. The second-order valence-corrected chi connectivity index (χ2v) is 4.61. The molecule has 0 aliphatic carbocycles. The Labute approximate surface area is 109 Å². The van der Waals surface area contributed by atoms with Crippen molar-refractivity contribution in [3.05, 3.63) is 23.9 Å². The van der Waals surface area contributed by atoms with Crippen molar-refractivity contribution in [3.63, 3.8) is 0 Å². The molecule has 1 N–H and O–H groups in total. The summed E-state index contributed by atoms with van der Waals surface area (Å²) in [5, 5.41) is 3.39. The van der Waals surface area contributed by atoms with Gasteiger partial charge in [0.25, 0.3) is 0 Å². The Bertz CT molecular complexity index is 365. The van der Waals surface area contributed by atoms with Crippen molar-refractivity contribution in [3.8, 4) is 5.88 Å². The van der Waals surface area contributed by atoms with Gasteiger partial charge in [0, 0.05) is 30.6 Å². The summed E-state index contributed by atoms with van der Waals surface area (Å²) in [6.45, 7) is 6.75. The molecule has 0 bridgehead atoms. The minimum absolute atomic E-state index is 0.237. The normalized spacial score (nSPS) is 18.6. The molecule has 4 nitrogen and oxygen atoms in total. The van der Waals surface area contributed by atoms with Crippen molar-refractivity contribution >= 4 is 0 Å². The maximum atomic E-state index is 6.02. The Hall–Kier alpha value is -1.13. The lowest BCUT2D eigenvalue weighted by Crippen LogP contribution is -2.27. The molecular weight excluding hydrogens is 228 g/mol. The molecule has 1 fully saturated rings. The molecule has 2 rings (SSSR count). The van der Waals surface area contributed by atoms with E-state index in [4.69, 9.17) is 9.47 Å². The van der Waals surface area contributed by atoms with E-state index in [1.165, 1.54) is 0 Å². The summed E-state index contributed by atoms with van der Waals surface area (Å²) >= 11 is 0. The fourth-order valence-corrected chi connectivity index (χ4v) is 2.20. The largest absolute Gasteiger partial charge is 0.474 e. The van der Waals surface area contributed by atoms with Gasteiger partial charge in [-0.05, 0) is 19.5 Å². The summed E-state index contributed by atoms with van der Waals surface area (Å²) < 4.78 is 11.4. The predicted octanol–water partition coefficient (Wildman–Crippen LogP) is 2.31. The topological polar surface area (TPSA) is 43.4 Å². The quantitative estimate of drug-likeness (QED) is 0.871. The van der Waals surface area contributed by atoms with E-state index < -0.39 is 0 Å². The van der Waals surface area contributed by atoms with Crippen LogP contribution in [0.2, 0.25) is 0 Å². The Morgan fingerprint density at radius 3 is 3.00 bits per heavy atom. The van der Waals surface area contributed by atoms with Crippen LogP contribution in [0.3, 0.4) is 0 Å². The molecule has 1 aliphatic rings. The first-order valence-electron chi connectivity index (χ1n) is 6.74. The minimum atomic E-state index is 0.237. The van der Waals surface area contributed by atoms with E-state index in [0.717, 1.165) is 44.0 Å². The zero-order chi connectivity index (χ0) is 12.8. The van der Waals surface area contributed by atoms with E-state index >= 15 is 0 Å². The Balaban J connectivity index is 2.06.